The Morgan fingerprint density at radius 1 is 1.11 bits per heavy atom. The molecule has 9 nitrogen and oxygen atoms in total. The first kappa shape index (κ1) is 24.6. The number of rotatable bonds is 6. The fourth-order valence-corrected chi connectivity index (χ4v) is 3.52. The molecule has 0 aliphatic heterocycles. The topological polar surface area (TPSA) is 111 Å². The highest BCUT2D eigenvalue weighted by molar-refractivity contribution is 5.96. The molecule has 2 N–H and O–H groups in total. The van der Waals surface area contributed by atoms with Crippen molar-refractivity contribution in [2.75, 3.05) is 5.32 Å². The lowest BCUT2D eigenvalue weighted by molar-refractivity contribution is -0.274. The number of nitrogens with one attached hydrogen (secondary N) is 2. The summed E-state index contributed by atoms with van der Waals surface area (Å²) in [5.41, 5.74) is 3.46. The second-order valence-electron chi connectivity index (χ2n) is 7.95. The van der Waals surface area contributed by atoms with E-state index < -0.39 is 12.3 Å². The SMILES string of the molecule is CC(=O)Nc1nc2ccc(-c3cnc(C)c(C(=O)NCc4cccc(OC(F)(F)F)c4)c3)nn2c1C. The van der Waals surface area contributed by atoms with Gasteiger partial charge in [0, 0.05) is 25.2 Å². The molecule has 0 unspecified atom stereocenters. The zero-order valence-electron chi connectivity index (χ0n) is 19.5. The number of benzene rings is 1. The van der Waals surface area contributed by atoms with Crippen molar-refractivity contribution in [2.24, 2.45) is 0 Å². The third-order valence-corrected chi connectivity index (χ3v) is 5.21. The number of carbonyl (C=O) groups excluding carboxylic acids is 2. The number of aromatic nitrogens is 4. The van der Waals surface area contributed by atoms with Crippen LogP contribution < -0.4 is 15.4 Å². The number of amides is 2. The van der Waals surface area contributed by atoms with Gasteiger partial charge in [0.2, 0.25) is 5.91 Å². The Hall–Kier alpha value is -4.48. The van der Waals surface area contributed by atoms with E-state index in [0.717, 1.165) is 0 Å². The third kappa shape index (κ3) is 5.59. The van der Waals surface area contributed by atoms with Crippen molar-refractivity contribution < 1.29 is 27.5 Å². The molecule has 0 spiro atoms. The van der Waals surface area contributed by atoms with Crippen molar-refractivity contribution in [2.45, 2.75) is 33.7 Å². The molecule has 0 bridgehead atoms. The van der Waals surface area contributed by atoms with Gasteiger partial charge in [-0.25, -0.2) is 9.50 Å². The molecule has 4 rings (SSSR count). The van der Waals surface area contributed by atoms with E-state index >= 15 is 0 Å². The van der Waals surface area contributed by atoms with Crippen molar-refractivity contribution in [1.29, 1.82) is 0 Å². The van der Waals surface area contributed by atoms with Gasteiger partial charge in [0.1, 0.15) is 5.75 Å². The highest BCUT2D eigenvalue weighted by Crippen LogP contribution is 2.24. The van der Waals surface area contributed by atoms with Gasteiger partial charge in [0.25, 0.3) is 5.91 Å². The van der Waals surface area contributed by atoms with Crippen LogP contribution in [0.5, 0.6) is 5.75 Å². The van der Waals surface area contributed by atoms with Crippen LogP contribution >= 0.6 is 0 Å². The van der Waals surface area contributed by atoms with E-state index in [2.05, 4.69) is 30.4 Å². The molecule has 0 radical (unpaired) electrons. The number of alkyl halides is 3. The van der Waals surface area contributed by atoms with E-state index in [0.29, 0.717) is 45.2 Å². The van der Waals surface area contributed by atoms with Crippen LogP contribution in [0.4, 0.5) is 19.0 Å². The summed E-state index contributed by atoms with van der Waals surface area (Å²) in [5.74, 6) is -0.664. The lowest BCUT2D eigenvalue weighted by Gasteiger charge is -2.12. The van der Waals surface area contributed by atoms with Crippen LogP contribution in [0.3, 0.4) is 0 Å². The van der Waals surface area contributed by atoms with E-state index in [1.165, 1.54) is 25.1 Å². The predicted octanol–water partition coefficient (Wildman–Crippen LogP) is 4.20. The number of nitrogens with zero attached hydrogens (tertiary/aromatic N) is 4. The second-order valence-corrected chi connectivity index (χ2v) is 7.95. The molecular weight excluding hydrogens is 477 g/mol. The minimum atomic E-state index is -4.80. The summed E-state index contributed by atoms with van der Waals surface area (Å²) in [6.07, 6.45) is -3.22. The first-order valence-corrected chi connectivity index (χ1v) is 10.7. The Balaban J connectivity index is 1.55. The highest BCUT2D eigenvalue weighted by Gasteiger charge is 2.31. The summed E-state index contributed by atoms with van der Waals surface area (Å²) in [5, 5.41) is 9.91. The van der Waals surface area contributed by atoms with Gasteiger partial charge in [-0.05, 0) is 49.7 Å². The van der Waals surface area contributed by atoms with E-state index in [1.54, 1.807) is 48.8 Å². The van der Waals surface area contributed by atoms with Gasteiger partial charge in [-0.3, -0.25) is 14.6 Å². The van der Waals surface area contributed by atoms with Crippen LogP contribution in [0, 0.1) is 13.8 Å². The number of fused-ring (bicyclic) bond motifs is 1. The molecule has 0 saturated carbocycles. The molecule has 4 aromatic rings. The largest absolute Gasteiger partial charge is 0.573 e. The quantitative estimate of drug-likeness (QED) is 0.412. The van der Waals surface area contributed by atoms with Gasteiger partial charge in [0.15, 0.2) is 11.5 Å². The van der Waals surface area contributed by atoms with Gasteiger partial charge < -0.3 is 15.4 Å². The fraction of sp³-hybridized carbons (Fsp3) is 0.208. The average molecular weight is 498 g/mol. The average Bonchev–Trinajstić information content (AvgIpc) is 3.11. The van der Waals surface area contributed by atoms with Crippen molar-refractivity contribution in [3.05, 3.63) is 71.2 Å². The van der Waals surface area contributed by atoms with Crippen LogP contribution in [0.2, 0.25) is 0 Å². The molecular formula is C24H21F3N6O3. The maximum Gasteiger partial charge on any atom is 0.573 e. The van der Waals surface area contributed by atoms with Crippen molar-refractivity contribution in [3.63, 3.8) is 0 Å². The minimum absolute atomic E-state index is 0.0120. The van der Waals surface area contributed by atoms with Crippen LogP contribution in [0.25, 0.3) is 16.9 Å². The smallest absolute Gasteiger partial charge is 0.406 e. The van der Waals surface area contributed by atoms with Gasteiger partial charge in [0.05, 0.1) is 22.6 Å². The Kier molecular flexibility index (Phi) is 6.60. The maximum absolute atomic E-state index is 12.9. The normalized spacial score (nSPS) is 11.4. The van der Waals surface area contributed by atoms with Crippen LogP contribution in [0.1, 0.15) is 34.2 Å². The van der Waals surface area contributed by atoms with Gasteiger partial charge in [-0.2, -0.15) is 5.10 Å². The van der Waals surface area contributed by atoms with E-state index in [1.807, 2.05) is 0 Å². The molecule has 3 heterocycles. The molecule has 2 amide bonds. The summed E-state index contributed by atoms with van der Waals surface area (Å²) >= 11 is 0. The molecule has 36 heavy (non-hydrogen) atoms. The molecule has 0 saturated heterocycles. The van der Waals surface area contributed by atoms with Crippen LogP contribution in [-0.4, -0.2) is 37.8 Å². The summed E-state index contributed by atoms with van der Waals surface area (Å²) in [7, 11) is 0. The monoisotopic (exact) mass is 498 g/mol. The summed E-state index contributed by atoms with van der Waals surface area (Å²) in [6.45, 7) is 4.82. The van der Waals surface area contributed by atoms with Gasteiger partial charge in [-0.15, -0.1) is 13.2 Å². The fourth-order valence-electron chi connectivity index (χ4n) is 3.52. The van der Waals surface area contributed by atoms with E-state index in [-0.39, 0.29) is 18.2 Å². The Labute approximate surface area is 203 Å². The standard InChI is InChI=1S/C24H21F3N6O3/c1-13-19(23(35)29-11-16-5-4-6-18(9-16)36-24(25,26)27)10-17(12-28-13)20-7-8-21-31-22(30-15(3)34)14(2)33(21)32-20/h4-10,12H,11H2,1-3H3,(H,29,35)(H,30,34). The van der Waals surface area contributed by atoms with Crippen LogP contribution in [-0.2, 0) is 11.3 Å². The molecule has 1 aromatic carbocycles. The lowest BCUT2D eigenvalue weighted by Crippen LogP contribution is -2.24. The Morgan fingerprint density at radius 3 is 2.61 bits per heavy atom. The summed E-state index contributed by atoms with van der Waals surface area (Å²) in [6, 6.07) is 10.5. The van der Waals surface area contributed by atoms with Crippen molar-refractivity contribution >= 4 is 23.3 Å². The van der Waals surface area contributed by atoms with Gasteiger partial charge in [-0.1, -0.05) is 12.1 Å². The molecule has 12 heteroatoms. The number of hydrogen-bond acceptors (Lipinski definition) is 6. The second kappa shape index (κ2) is 9.64. The highest BCUT2D eigenvalue weighted by atomic mass is 19.4. The van der Waals surface area contributed by atoms with Crippen LogP contribution in [0.15, 0.2) is 48.7 Å². The Morgan fingerprint density at radius 2 is 1.89 bits per heavy atom. The number of aryl methyl sites for hydroxylation is 2. The molecule has 0 aliphatic carbocycles. The molecule has 186 valence electrons. The number of carbonyl (C=O) groups is 2. The molecule has 3 aromatic heterocycles. The molecule has 0 aliphatic rings. The minimum Gasteiger partial charge on any atom is -0.406 e. The number of pyridine rings is 1. The zero-order valence-corrected chi connectivity index (χ0v) is 19.5. The third-order valence-electron chi connectivity index (χ3n) is 5.21. The Bertz CT molecular complexity index is 1470. The number of imidazole rings is 1. The summed E-state index contributed by atoms with van der Waals surface area (Å²) < 4.78 is 42.9. The maximum atomic E-state index is 12.9. The van der Waals surface area contributed by atoms with Gasteiger partial charge >= 0.3 is 6.36 Å². The first-order valence-electron chi connectivity index (χ1n) is 10.7. The van der Waals surface area contributed by atoms with E-state index in [4.69, 9.17) is 0 Å². The summed E-state index contributed by atoms with van der Waals surface area (Å²) in [4.78, 5) is 32.9. The predicted molar refractivity (Wildman–Crippen MR) is 124 cm³/mol. The first-order chi connectivity index (χ1) is 17.0. The number of anilines is 1. The van der Waals surface area contributed by atoms with Crippen molar-refractivity contribution in [3.8, 4) is 17.0 Å². The number of ether oxygens (including phenoxy) is 1. The lowest BCUT2D eigenvalue weighted by atomic mass is 10.1. The number of halogens is 3. The molecule has 0 atom stereocenters. The van der Waals surface area contributed by atoms with Crippen molar-refractivity contribution in [1.82, 2.24) is 24.9 Å². The molecule has 0 fully saturated rings. The van der Waals surface area contributed by atoms with E-state index in [9.17, 15) is 22.8 Å². The number of hydrogen-bond donors (Lipinski definition) is 2. The zero-order chi connectivity index (χ0) is 26.0.